The molecule has 3 aromatic rings. The van der Waals surface area contributed by atoms with E-state index in [1.165, 1.54) is 0 Å². The lowest BCUT2D eigenvalue weighted by Gasteiger charge is -2.17. The normalized spacial score (nSPS) is 15.2. The van der Waals surface area contributed by atoms with Gasteiger partial charge in [0.25, 0.3) is 5.91 Å². The Kier molecular flexibility index (Phi) is 3.72. The Bertz CT molecular complexity index is 849. The Labute approximate surface area is 138 Å². The van der Waals surface area contributed by atoms with E-state index in [-0.39, 0.29) is 11.9 Å². The highest BCUT2D eigenvalue weighted by Gasteiger charge is 2.24. The van der Waals surface area contributed by atoms with Crippen molar-refractivity contribution in [2.75, 3.05) is 0 Å². The van der Waals surface area contributed by atoms with Gasteiger partial charge in [-0.3, -0.25) is 9.20 Å². The number of amides is 1. The van der Waals surface area contributed by atoms with Crippen LogP contribution < -0.4 is 5.32 Å². The van der Waals surface area contributed by atoms with Gasteiger partial charge in [-0.25, -0.2) is 9.97 Å². The number of aryl methyl sites for hydroxylation is 1. The predicted molar refractivity (Wildman–Crippen MR) is 86.4 cm³/mol. The summed E-state index contributed by atoms with van der Waals surface area (Å²) in [5.74, 6) is 1.72. The van der Waals surface area contributed by atoms with E-state index < -0.39 is 0 Å². The number of imidazole rings is 1. The minimum Gasteiger partial charge on any atom is -0.341 e. The van der Waals surface area contributed by atoms with E-state index in [2.05, 4.69) is 25.5 Å². The van der Waals surface area contributed by atoms with Crippen molar-refractivity contribution in [3.63, 3.8) is 0 Å². The van der Waals surface area contributed by atoms with Crippen LogP contribution in [0.1, 0.15) is 54.4 Å². The molecule has 0 saturated heterocycles. The number of carbonyl (C=O) groups is 1. The van der Waals surface area contributed by atoms with Gasteiger partial charge in [0.05, 0.1) is 11.7 Å². The van der Waals surface area contributed by atoms with E-state index in [1.54, 1.807) is 6.20 Å². The van der Waals surface area contributed by atoms with Gasteiger partial charge < -0.3 is 9.88 Å². The van der Waals surface area contributed by atoms with Gasteiger partial charge in [-0.05, 0) is 25.3 Å². The maximum Gasteiger partial charge on any atom is 0.289 e. The highest BCUT2D eigenvalue weighted by molar-refractivity contribution is 5.91. The number of nitrogens with zero attached hydrogens (tertiary/aromatic N) is 6. The fourth-order valence-electron chi connectivity index (χ4n) is 3.10. The molecule has 0 unspecified atom stereocenters. The first-order valence-electron chi connectivity index (χ1n) is 8.29. The molecule has 1 amide bonds. The monoisotopic (exact) mass is 325 g/mol. The molecule has 0 bridgehead atoms. The quantitative estimate of drug-likeness (QED) is 0.786. The Balaban J connectivity index is 1.58. The Morgan fingerprint density at radius 1 is 1.38 bits per heavy atom. The standard InChI is InChI=1S/C16H19N7O/c1-2-11(12-10-22-8-5-7-17-16(22)19-12)18-15(24)14-21-20-13-6-3-4-9-23(13)14/h5,7-8,10-11H,2-4,6,9H2,1H3,(H,18,24)/t11-/m0/s1. The zero-order valence-electron chi connectivity index (χ0n) is 13.5. The zero-order valence-corrected chi connectivity index (χ0v) is 13.5. The molecular formula is C16H19N7O. The molecule has 0 fully saturated rings. The van der Waals surface area contributed by atoms with Crippen molar-refractivity contribution in [3.05, 3.63) is 42.0 Å². The van der Waals surface area contributed by atoms with Gasteiger partial charge in [-0.1, -0.05) is 6.92 Å². The minimum absolute atomic E-state index is 0.184. The number of hydrogen-bond donors (Lipinski definition) is 1. The number of fused-ring (bicyclic) bond motifs is 2. The summed E-state index contributed by atoms with van der Waals surface area (Å²) in [4.78, 5) is 21.4. The van der Waals surface area contributed by atoms with Crippen LogP contribution in [0.15, 0.2) is 24.7 Å². The molecule has 0 spiro atoms. The molecule has 0 aromatic carbocycles. The lowest BCUT2D eigenvalue weighted by atomic mass is 10.1. The maximum absolute atomic E-state index is 12.7. The van der Waals surface area contributed by atoms with Crippen molar-refractivity contribution in [3.8, 4) is 0 Å². The van der Waals surface area contributed by atoms with Gasteiger partial charge in [0, 0.05) is 31.6 Å². The van der Waals surface area contributed by atoms with Crippen LogP contribution in [-0.2, 0) is 13.0 Å². The third-order valence-electron chi connectivity index (χ3n) is 4.39. The van der Waals surface area contributed by atoms with Gasteiger partial charge in [0.15, 0.2) is 0 Å². The second-order valence-corrected chi connectivity index (χ2v) is 5.98. The van der Waals surface area contributed by atoms with Gasteiger partial charge in [-0.15, -0.1) is 10.2 Å². The summed E-state index contributed by atoms with van der Waals surface area (Å²) >= 11 is 0. The van der Waals surface area contributed by atoms with Gasteiger partial charge in [0.2, 0.25) is 11.6 Å². The molecule has 8 heteroatoms. The third-order valence-corrected chi connectivity index (χ3v) is 4.39. The lowest BCUT2D eigenvalue weighted by Crippen LogP contribution is -2.31. The van der Waals surface area contributed by atoms with E-state index in [0.717, 1.165) is 43.7 Å². The first-order chi connectivity index (χ1) is 11.8. The molecule has 1 aliphatic heterocycles. The average molecular weight is 325 g/mol. The average Bonchev–Trinajstić information content (AvgIpc) is 3.23. The third kappa shape index (κ3) is 2.53. The molecular weight excluding hydrogens is 306 g/mol. The van der Waals surface area contributed by atoms with E-state index in [0.29, 0.717) is 11.6 Å². The SMILES string of the molecule is CC[C@H](NC(=O)c1nnc2n1CCCC2)c1cn2cccnc2n1. The Hall–Kier alpha value is -2.77. The molecule has 1 atom stereocenters. The molecule has 0 radical (unpaired) electrons. The molecule has 3 aromatic heterocycles. The molecule has 4 heterocycles. The maximum atomic E-state index is 12.7. The largest absolute Gasteiger partial charge is 0.341 e. The number of carbonyl (C=O) groups excluding carboxylic acids is 1. The molecule has 1 N–H and O–H groups in total. The van der Waals surface area contributed by atoms with Gasteiger partial charge in [-0.2, -0.15) is 0 Å². The molecule has 8 nitrogen and oxygen atoms in total. The number of nitrogens with one attached hydrogen (secondary N) is 1. The van der Waals surface area contributed by atoms with E-state index in [9.17, 15) is 4.79 Å². The molecule has 0 saturated carbocycles. The summed E-state index contributed by atoms with van der Waals surface area (Å²) in [7, 11) is 0. The zero-order chi connectivity index (χ0) is 16.5. The number of aromatic nitrogens is 6. The minimum atomic E-state index is -0.201. The topological polar surface area (TPSA) is 90.0 Å². The summed E-state index contributed by atoms with van der Waals surface area (Å²) in [6, 6.07) is 1.66. The highest BCUT2D eigenvalue weighted by atomic mass is 16.2. The fourth-order valence-corrected chi connectivity index (χ4v) is 3.10. The molecule has 0 aliphatic carbocycles. The van der Waals surface area contributed by atoms with Crippen molar-refractivity contribution in [1.82, 2.24) is 34.4 Å². The summed E-state index contributed by atoms with van der Waals surface area (Å²) < 4.78 is 3.78. The molecule has 24 heavy (non-hydrogen) atoms. The molecule has 4 rings (SSSR count). The van der Waals surface area contributed by atoms with Gasteiger partial charge in [0.1, 0.15) is 5.82 Å². The van der Waals surface area contributed by atoms with Crippen LogP contribution in [0.4, 0.5) is 0 Å². The van der Waals surface area contributed by atoms with E-state index >= 15 is 0 Å². The van der Waals surface area contributed by atoms with Crippen LogP contribution >= 0.6 is 0 Å². The van der Waals surface area contributed by atoms with Crippen LogP contribution in [0, 0.1) is 0 Å². The van der Waals surface area contributed by atoms with E-state index in [1.807, 2.05) is 34.4 Å². The van der Waals surface area contributed by atoms with Crippen LogP contribution in [0.25, 0.3) is 5.78 Å². The van der Waals surface area contributed by atoms with Gasteiger partial charge >= 0.3 is 0 Å². The number of hydrogen-bond acceptors (Lipinski definition) is 5. The van der Waals surface area contributed by atoms with Crippen LogP contribution in [0.2, 0.25) is 0 Å². The first-order valence-corrected chi connectivity index (χ1v) is 8.29. The van der Waals surface area contributed by atoms with Crippen molar-refractivity contribution >= 4 is 11.7 Å². The van der Waals surface area contributed by atoms with Crippen molar-refractivity contribution < 1.29 is 4.79 Å². The molecule has 124 valence electrons. The lowest BCUT2D eigenvalue weighted by molar-refractivity contribution is 0.0918. The van der Waals surface area contributed by atoms with Crippen LogP contribution in [-0.4, -0.2) is 35.0 Å². The predicted octanol–water partition coefficient (Wildman–Crippen LogP) is 1.54. The first kappa shape index (κ1) is 14.8. The smallest absolute Gasteiger partial charge is 0.289 e. The fraction of sp³-hybridized carbons (Fsp3) is 0.438. The van der Waals surface area contributed by atoms with E-state index in [4.69, 9.17) is 0 Å². The highest BCUT2D eigenvalue weighted by Crippen LogP contribution is 2.18. The van der Waals surface area contributed by atoms with Crippen molar-refractivity contribution in [1.29, 1.82) is 0 Å². The summed E-state index contributed by atoms with van der Waals surface area (Å²) in [5.41, 5.74) is 0.794. The van der Waals surface area contributed by atoms with Crippen molar-refractivity contribution in [2.45, 2.75) is 45.2 Å². The molecule has 1 aliphatic rings. The second kappa shape index (κ2) is 6.03. The Morgan fingerprint density at radius 3 is 3.12 bits per heavy atom. The Morgan fingerprint density at radius 2 is 2.29 bits per heavy atom. The summed E-state index contributed by atoms with van der Waals surface area (Å²) in [5, 5.41) is 11.3. The van der Waals surface area contributed by atoms with Crippen molar-refractivity contribution in [2.24, 2.45) is 0 Å². The second-order valence-electron chi connectivity index (χ2n) is 5.98. The van der Waals surface area contributed by atoms with Crippen LogP contribution in [0.5, 0.6) is 0 Å². The number of rotatable bonds is 4. The van der Waals surface area contributed by atoms with Crippen LogP contribution in [0.3, 0.4) is 0 Å². The summed E-state index contributed by atoms with van der Waals surface area (Å²) in [6.45, 7) is 2.82. The summed E-state index contributed by atoms with van der Waals surface area (Å²) in [6.07, 6.45) is 9.27.